The molecular formula is C25H29N5O4S. The third-order valence-electron chi connectivity index (χ3n) is 5.56. The van der Waals surface area contributed by atoms with Crippen LogP contribution < -0.4 is 20.1 Å². The van der Waals surface area contributed by atoms with Crippen LogP contribution in [0.5, 0.6) is 5.75 Å². The second kappa shape index (κ2) is 10.8. The molecule has 0 saturated heterocycles. The summed E-state index contributed by atoms with van der Waals surface area (Å²) < 4.78 is 33.8. The van der Waals surface area contributed by atoms with Gasteiger partial charge in [0.05, 0.1) is 16.5 Å². The summed E-state index contributed by atoms with van der Waals surface area (Å²) in [5.74, 6) is 0.728. The first kappa shape index (κ1) is 24.5. The van der Waals surface area contributed by atoms with Crippen LogP contribution in [0.25, 0.3) is 10.9 Å². The molecule has 0 radical (unpaired) electrons. The number of aliphatic hydroxyl groups is 1. The lowest BCUT2D eigenvalue weighted by Crippen LogP contribution is -2.26. The maximum atomic E-state index is 12.8. The Bertz CT molecular complexity index is 1400. The van der Waals surface area contributed by atoms with Gasteiger partial charge in [0.1, 0.15) is 12.4 Å². The molecule has 0 spiro atoms. The molecule has 0 aliphatic heterocycles. The largest absolute Gasteiger partial charge is 0.492 e. The lowest BCUT2D eigenvalue weighted by molar-refractivity contribution is 0.172. The maximum Gasteiger partial charge on any atom is 0.261 e. The van der Waals surface area contributed by atoms with Gasteiger partial charge >= 0.3 is 0 Å². The van der Waals surface area contributed by atoms with Gasteiger partial charge in [0.15, 0.2) is 0 Å². The highest BCUT2D eigenvalue weighted by Gasteiger charge is 2.16. The standard InChI is InChI=1S/C25H29N5O4S/c1-17-23-10-9-21(15-24(23)29-28-17)34-12-11-27-16-25(31)18-5-3-7-20(13-18)30-35(32,33)22-8-4-6-19(14-22)26-2/h3-10,13-15,25-27,30-31H,11-12,16H2,1-2H3,(H,28,29). The first-order chi connectivity index (χ1) is 16.9. The van der Waals surface area contributed by atoms with Crippen molar-refractivity contribution in [1.29, 1.82) is 0 Å². The molecule has 4 rings (SSSR count). The molecule has 0 fully saturated rings. The van der Waals surface area contributed by atoms with Gasteiger partial charge in [-0.2, -0.15) is 5.10 Å². The van der Waals surface area contributed by atoms with Gasteiger partial charge in [-0.05, 0) is 55.0 Å². The molecule has 3 aromatic carbocycles. The number of aromatic amines is 1. The number of nitrogens with zero attached hydrogens (tertiary/aromatic N) is 1. The van der Waals surface area contributed by atoms with E-state index in [9.17, 15) is 13.5 Å². The van der Waals surface area contributed by atoms with E-state index in [1.54, 1.807) is 49.5 Å². The molecule has 5 N–H and O–H groups in total. The van der Waals surface area contributed by atoms with Crippen molar-refractivity contribution in [2.24, 2.45) is 0 Å². The van der Waals surface area contributed by atoms with Crippen LogP contribution in [0.15, 0.2) is 71.6 Å². The number of sulfonamides is 1. The van der Waals surface area contributed by atoms with Crippen molar-refractivity contribution in [3.05, 3.63) is 78.0 Å². The highest BCUT2D eigenvalue weighted by molar-refractivity contribution is 7.92. The second-order valence-corrected chi connectivity index (χ2v) is 9.79. The summed E-state index contributed by atoms with van der Waals surface area (Å²) in [7, 11) is -2.03. The van der Waals surface area contributed by atoms with Gasteiger partial charge in [0, 0.05) is 48.7 Å². The van der Waals surface area contributed by atoms with E-state index in [1.165, 1.54) is 6.07 Å². The van der Waals surface area contributed by atoms with E-state index in [0.717, 1.165) is 22.3 Å². The summed E-state index contributed by atoms with van der Waals surface area (Å²) in [6.07, 6.45) is -0.810. The van der Waals surface area contributed by atoms with Crippen LogP contribution in [-0.4, -0.2) is 50.5 Å². The number of aryl methyl sites for hydroxylation is 1. The van der Waals surface area contributed by atoms with E-state index in [4.69, 9.17) is 4.74 Å². The van der Waals surface area contributed by atoms with E-state index >= 15 is 0 Å². The highest BCUT2D eigenvalue weighted by atomic mass is 32.2. The number of aromatic nitrogens is 2. The Morgan fingerprint density at radius 3 is 2.69 bits per heavy atom. The number of nitrogens with one attached hydrogen (secondary N) is 4. The number of ether oxygens (including phenoxy) is 1. The van der Waals surface area contributed by atoms with Crippen LogP contribution in [-0.2, 0) is 10.0 Å². The van der Waals surface area contributed by atoms with E-state index in [2.05, 4.69) is 25.6 Å². The normalized spacial score (nSPS) is 12.4. The van der Waals surface area contributed by atoms with Crippen molar-refractivity contribution in [2.75, 3.05) is 36.8 Å². The smallest absolute Gasteiger partial charge is 0.261 e. The zero-order valence-electron chi connectivity index (χ0n) is 19.6. The molecule has 1 heterocycles. The minimum absolute atomic E-state index is 0.151. The van der Waals surface area contributed by atoms with Crippen molar-refractivity contribution in [3.63, 3.8) is 0 Å². The molecule has 1 atom stereocenters. The number of fused-ring (bicyclic) bond motifs is 1. The molecule has 0 amide bonds. The lowest BCUT2D eigenvalue weighted by atomic mass is 10.1. The summed E-state index contributed by atoms with van der Waals surface area (Å²) in [4.78, 5) is 0.151. The highest BCUT2D eigenvalue weighted by Crippen LogP contribution is 2.23. The van der Waals surface area contributed by atoms with Gasteiger partial charge in [0.25, 0.3) is 10.0 Å². The molecule has 1 unspecified atom stereocenters. The van der Waals surface area contributed by atoms with E-state index in [-0.39, 0.29) is 4.90 Å². The van der Waals surface area contributed by atoms with Gasteiger partial charge < -0.3 is 20.5 Å². The molecular weight excluding hydrogens is 466 g/mol. The minimum Gasteiger partial charge on any atom is -0.492 e. The molecule has 0 saturated carbocycles. The molecule has 9 nitrogen and oxygen atoms in total. The quantitative estimate of drug-likeness (QED) is 0.202. The summed E-state index contributed by atoms with van der Waals surface area (Å²) in [6.45, 7) is 3.22. The minimum atomic E-state index is -3.76. The van der Waals surface area contributed by atoms with Gasteiger partial charge in [0.2, 0.25) is 0 Å². The Hall–Kier alpha value is -3.60. The zero-order valence-corrected chi connectivity index (χ0v) is 20.4. The Balaban J connectivity index is 1.28. The topological polar surface area (TPSA) is 128 Å². The number of rotatable bonds is 11. The van der Waals surface area contributed by atoms with Crippen molar-refractivity contribution in [3.8, 4) is 5.75 Å². The summed E-state index contributed by atoms with van der Waals surface area (Å²) in [6, 6.07) is 19.0. The van der Waals surface area contributed by atoms with Crippen molar-refractivity contribution < 1.29 is 18.3 Å². The van der Waals surface area contributed by atoms with Crippen molar-refractivity contribution in [1.82, 2.24) is 15.5 Å². The van der Waals surface area contributed by atoms with Crippen molar-refractivity contribution >= 4 is 32.3 Å². The van der Waals surface area contributed by atoms with Gasteiger partial charge in [-0.25, -0.2) is 8.42 Å². The number of H-pyrrole nitrogens is 1. The average molecular weight is 496 g/mol. The number of benzene rings is 3. The van der Waals surface area contributed by atoms with Crippen LogP contribution in [0.2, 0.25) is 0 Å². The van der Waals surface area contributed by atoms with Crippen LogP contribution in [0.1, 0.15) is 17.4 Å². The summed E-state index contributed by atoms with van der Waals surface area (Å²) in [5.41, 5.74) is 3.55. The fourth-order valence-corrected chi connectivity index (χ4v) is 4.75. The van der Waals surface area contributed by atoms with Gasteiger partial charge in [-0.1, -0.05) is 18.2 Å². The molecule has 0 aliphatic carbocycles. The van der Waals surface area contributed by atoms with Gasteiger partial charge in [-0.15, -0.1) is 0 Å². The third-order valence-corrected chi connectivity index (χ3v) is 6.94. The predicted octanol–water partition coefficient (Wildman–Crippen LogP) is 3.42. The molecule has 10 heteroatoms. The average Bonchev–Trinajstić information content (AvgIpc) is 3.23. The molecule has 184 valence electrons. The number of hydrogen-bond donors (Lipinski definition) is 5. The molecule has 0 aliphatic rings. The predicted molar refractivity (Wildman–Crippen MR) is 137 cm³/mol. The molecule has 1 aromatic heterocycles. The third kappa shape index (κ3) is 6.10. The Morgan fingerprint density at radius 2 is 1.86 bits per heavy atom. The second-order valence-electron chi connectivity index (χ2n) is 8.10. The fraction of sp³-hybridized carbons (Fsp3) is 0.240. The SMILES string of the molecule is CNc1cccc(S(=O)(=O)Nc2cccc(C(O)CNCCOc3ccc4c(C)[nH]nc4c3)c2)c1. The van der Waals surface area contributed by atoms with Crippen molar-refractivity contribution in [2.45, 2.75) is 17.9 Å². The van der Waals surface area contributed by atoms with Crippen LogP contribution in [0.3, 0.4) is 0 Å². The van der Waals surface area contributed by atoms with Crippen LogP contribution in [0, 0.1) is 6.92 Å². The van der Waals surface area contributed by atoms with Crippen LogP contribution >= 0.6 is 0 Å². The fourth-order valence-electron chi connectivity index (χ4n) is 3.66. The zero-order chi connectivity index (χ0) is 24.8. The Labute approximate surface area is 204 Å². The first-order valence-electron chi connectivity index (χ1n) is 11.2. The number of anilines is 2. The van der Waals surface area contributed by atoms with Crippen LogP contribution in [0.4, 0.5) is 11.4 Å². The molecule has 35 heavy (non-hydrogen) atoms. The Kier molecular flexibility index (Phi) is 7.54. The first-order valence-corrected chi connectivity index (χ1v) is 12.7. The summed E-state index contributed by atoms with van der Waals surface area (Å²) >= 11 is 0. The van der Waals surface area contributed by atoms with E-state index in [0.29, 0.717) is 36.6 Å². The molecule has 0 bridgehead atoms. The maximum absolute atomic E-state index is 12.8. The summed E-state index contributed by atoms with van der Waals surface area (Å²) in [5, 5.41) is 24.9. The lowest BCUT2D eigenvalue weighted by Gasteiger charge is -2.15. The molecule has 4 aromatic rings. The number of hydrogen-bond acceptors (Lipinski definition) is 7. The van der Waals surface area contributed by atoms with E-state index < -0.39 is 16.1 Å². The van der Waals surface area contributed by atoms with E-state index in [1.807, 2.05) is 25.1 Å². The number of aliphatic hydroxyl groups excluding tert-OH is 1. The monoisotopic (exact) mass is 495 g/mol. The van der Waals surface area contributed by atoms with Gasteiger partial charge in [-0.3, -0.25) is 9.82 Å². The Morgan fingerprint density at radius 1 is 1.06 bits per heavy atom.